The molecule has 1 aromatic rings. The molecule has 1 rings (SSSR count). The molecular formula is C10H12FNO2. The van der Waals surface area contributed by atoms with Crippen molar-refractivity contribution in [2.45, 2.75) is 20.3 Å². The van der Waals surface area contributed by atoms with Crippen LogP contribution < -0.4 is 0 Å². The van der Waals surface area contributed by atoms with Gasteiger partial charge in [-0.3, -0.25) is 4.79 Å². The number of rotatable bonds is 3. The number of hydrogen-bond acceptors (Lipinski definition) is 3. The molecule has 0 saturated carbocycles. The lowest BCUT2D eigenvalue weighted by atomic mass is 10.1. The average Bonchev–Trinajstić information content (AvgIpc) is 2.10. The van der Waals surface area contributed by atoms with Crippen molar-refractivity contribution in [3.63, 3.8) is 0 Å². The topological polar surface area (TPSA) is 39.2 Å². The van der Waals surface area contributed by atoms with E-state index in [0.717, 1.165) is 0 Å². The Balaban J connectivity index is 2.72. The lowest BCUT2D eigenvalue weighted by Crippen LogP contribution is -2.09. The highest BCUT2D eigenvalue weighted by Crippen LogP contribution is 2.07. The molecule has 0 amide bonds. The third-order valence-corrected chi connectivity index (χ3v) is 1.80. The van der Waals surface area contributed by atoms with E-state index in [-0.39, 0.29) is 12.4 Å². The predicted molar refractivity (Wildman–Crippen MR) is 49.3 cm³/mol. The number of nitrogens with zero attached hydrogens (tertiary/aromatic N) is 1. The van der Waals surface area contributed by atoms with E-state index in [0.29, 0.717) is 17.9 Å². The minimum atomic E-state index is -0.532. The van der Waals surface area contributed by atoms with Crippen molar-refractivity contribution in [1.29, 1.82) is 0 Å². The summed E-state index contributed by atoms with van der Waals surface area (Å²) in [5, 5.41) is 0. The van der Waals surface area contributed by atoms with Crippen LogP contribution in [-0.4, -0.2) is 17.6 Å². The van der Waals surface area contributed by atoms with Crippen LogP contribution in [0.4, 0.5) is 4.39 Å². The molecule has 0 atom stereocenters. The van der Waals surface area contributed by atoms with Gasteiger partial charge in [-0.15, -0.1) is 0 Å². The van der Waals surface area contributed by atoms with E-state index in [9.17, 15) is 9.18 Å². The molecule has 0 aliphatic heterocycles. The number of halogens is 1. The van der Waals surface area contributed by atoms with Crippen molar-refractivity contribution in [2.24, 2.45) is 0 Å². The zero-order chi connectivity index (χ0) is 10.6. The molecule has 0 spiro atoms. The normalized spacial score (nSPS) is 9.93. The summed E-state index contributed by atoms with van der Waals surface area (Å²) < 4.78 is 17.4. The van der Waals surface area contributed by atoms with Crippen LogP contribution in [-0.2, 0) is 16.0 Å². The summed E-state index contributed by atoms with van der Waals surface area (Å²) in [6.45, 7) is 3.76. The van der Waals surface area contributed by atoms with Gasteiger partial charge in [0.15, 0.2) is 0 Å². The van der Waals surface area contributed by atoms with Crippen LogP contribution >= 0.6 is 0 Å². The number of esters is 1. The Bertz CT molecular complexity index is 339. The van der Waals surface area contributed by atoms with Crippen molar-refractivity contribution >= 4 is 5.97 Å². The second-order valence-corrected chi connectivity index (χ2v) is 2.86. The molecule has 0 radical (unpaired) electrons. The second kappa shape index (κ2) is 4.69. The summed E-state index contributed by atoms with van der Waals surface area (Å²) in [6.07, 6.45) is 0.146. The zero-order valence-electron chi connectivity index (χ0n) is 8.21. The minimum Gasteiger partial charge on any atom is -0.466 e. The summed E-state index contributed by atoms with van der Waals surface area (Å²) in [5.41, 5.74) is 1.22. The van der Waals surface area contributed by atoms with Crippen LogP contribution in [0.15, 0.2) is 12.1 Å². The summed E-state index contributed by atoms with van der Waals surface area (Å²) in [6, 6.07) is 2.79. The summed E-state index contributed by atoms with van der Waals surface area (Å²) in [5.74, 6) is -0.848. The Kier molecular flexibility index (Phi) is 3.56. The summed E-state index contributed by atoms with van der Waals surface area (Å²) in [7, 11) is 0. The van der Waals surface area contributed by atoms with E-state index < -0.39 is 5.95 Å². The van der Waals surface area contributed by atoms with Crippen molar-refractivity contribution in [3.05, 3.63) is 29.3 Å². The lowest BCUT2D eigenvalue weighted by molar-refractivity contribution is -0.142. The van der Waals surface area contributed by atoms with Gasteiger partial charge in [-0.2, -0.15) is 4.39 Å². The average molecular weight is 197 g/mol. The largest absolute Gasteiger partial charge is 0.466 e. The first-order chi connectivity index (χ1) is 6.63. The number of hydrogen-bond donors (Lipinski definition) is 0. The molecule has 0 bridgehead atoms. The highest BCUT2D eigenvalue weighted by molar-refractivity contribution is 5.72. The quantitative estimate of drug-likeness (QED) is 0.546. The number of ether oxygens (including phenoxy) is 1. The highest BCUT2D eigenvalue weighted by atomic mass is 19.1. The van der Waals surface area contributed by atoms with E-state index in [1.807, 2.05) is 0 Å². The Morgan fingerprint density at radius 3 is 2.86 bits per heavy atom. The van der Waals surface area contributed by atoms with Gasteiger partial charge in [-0.1, -0.05) is 6.07 Å². The summed E-state index contributed by atoms with van der Waals surface area (Å²) in [4.78, 5) is 14.7. The molecular weight excluding hydrogens is 185 g/mol. The fourth-order valence-electron chi connectivity index (χ4n) is 1.11. The Morgan fingerprint density at radius 2 is 2.29 bits per heavy atom. The van der Waals surface area contributed by atoms with Gasteiger partial charge in [0.25, 0.3) is 0 Å². The second-order valence-electron chi connectivity index (χ2n) is 2.86. The first-order valence-electron chi connectivity index (χ1n) is 4.41. The molecule has 14 heavy (non-hydrogen) atoms. The Morgan fingerprint density at radius 1 is 1.57 bits per heavy atom. The zero-order valence-corrected chi connectivity index (χ0v) is 8.21. The number of pyridine rings is 1. The summed E-state index contributed by atoms with van der Waals surface area (Å²) >= 11 is 0. The monoisotopic (exact) mass is 197 g/mol. The highest BCUT2D eigenvalue weighted by Gasteiger charge is 2.07. The molecule has 1 heterocycles. The molecule has 0 N–H and O–H groups in total. The fraction of sp³-hybridized carbons (Fsp3) is 0.400. The minimum absolute atomic E-state index is 0.146. The van der Waals surface area contributed by atoms with Crippen LogP contribution in [0.5, 0.6) is 0 Å². The van der Waals surface area contributed by atoms with E-state index in [1.165, 1.54) is 6.07 Å². The molecule has 3 nitrogen and oxygen atoms in total. The smallest absolute Gasteiger partial charge is 0.310 e. The molecule has 4 heteroatoms. The number of carbonyl (C=O) groups excluding carboxylic acids is 1. The van der Waals surface area contributed by atoms with Crippen molar-refractivity contribution in [2.75, 3.05) is 6.61 Å². The SMILES string of the molecule is CCOC(=O)Cc1ccc(F)nc1C. The number of carbonyl (C=O) groups is 1. The van der Waals surface area contributed by atoms with E-state index in [2.05, 4.69) is 4.98 Å². The number of aromatic nitrogens is 1. The van der Waals surface area contributed by atoms with Gasteiger partial charge in [0.05, 0.1) is 13.0 Å². The van der Waals surface area contributed by atoms with Gasteiger partial charge in [0, 0.05) is 5.69 Å². The Hall–Kier alpha value is -1.45. The molecule has 0 aromatic carbocycles. The van der Waals surface area contributed by atoms with Crippen LogP contribution in [0, 0.1) is 12.9 Å². The van der Waals surface area contributed by atoms with E-state index in [1.54, 1.807) is 19.9 Å². The van der Waals surface area contributed by atoms with Crippen LogP contribution in [0.25, 0.3) is 0 Å². The maximum atomic E-state index is 12.6. The van der Waals surface area contributed by atoms with E-state index in [4.69, 9.17) is 4.74 Å². The standard InChI is InChI=1S/C10H12FNO2/c1-3-14-10(13)6-8-4-5-9(11)12-7(8)2/h4-5H,3,6H2,1-2H3. The van der Waals surface area contributed by atoms with Crippen molar-refractivity contribution < 1.29 is 13.9 Å². The number of aryl methyl sites for hydroxylation is 1. The van der Waals surface area contributed by atoms with Crippen molar-refractivity contribution in [3.8, 4) is 0 Å². The first kappa shape index (κ1) is 10.6. The van der Waals surface area contributed by atoms with Gasteiger partial charge in [-0.25, -0.2) is 4.98 Å². The van der Waals surface area contributed by atoms with Gasteiger partial charge < -0.3 is 4.74 Å². The fourth-order valence-corrected chi connectivity index (χ4v) is 1.11. The molecule has 0 aliphatic carbocycles. The molecule has 1 aromatic heterocycles. The van der Waals surface area contributed by atoms with Crippen molar-refractivity contribution in [1.82, 2.24) is 4.98 Å². The van der Waals surface area contributed by atoms with Crippen LogP contribution in [0.3, 0.4) is 0 Å². The third-order valence-electron chi connectivity index (χ3n) is 1.80. The third kappa shape index (κ3) is 2.80. The lowest BCUT2D eigenvalue weighted by Gasteiger charge is -2.04. The molecule has 0 aliphatic rings. The molecule has 0 saturated heterocycles. The Labute approximate surface area is 81.9 Å². The molecule has 0 fully saturated rings. The molecule has 76 valence electrons. The van der Waals surface area contributed by atoms with Crippen LogP contribution in [0.1, 0.15) is 18.2 Å². The van der Waals surface area contributed by atoms with Crippen LogP contribution in [0.2, 0.25) is 0 Å². The maximum absolute atomic E-state index is 12.6. The van der Waals surface area contributed by atoms with Gasteiger partial charge in [0.1, 0.15) is 0 Å². The predicted octanol–water partition coefficient (Wildman–Crippen LogP) is 1.63. The molecule has 0 unspecified atom stereocenters. The van der Waals surface area contributed by atoms with Gasteiger partial charge in [0.2, 0.25) is 5.95 Å². The first-order valence-corrected chi connectivity index (χ1v) is 4.41. The van der Waals surface area contributed by atoms with E-state index >= 15 is 0 Å². The maximum Gasteiger partial charge on any atom is 0.310 e. The van der Waals surface area contributed by atoms with Gasteiger partial charge in [-0.05, 0) is 25.5 Å². The van der Waals surface area contributed by atoms with Gasteiger partial charge >= 0.3 is 5.97 Å².